The van der Waals surface area contributed by atoms with Crippen LogP contribution in [0.4, 0.5) is 0 Å². The van der Waals surface area contributed by atoms with Crippen LogP contribution in [0.25, 0.3) is 0 Å². The molecule has 0 amide bonds. The third-order valence-electron chi connectivity index (χ3n) is 3.52. The summed E-state index contributed by atoms with van der Waals surface area (Å²) < 4.78 is 7.22. The summed E-state index contributed by atoms with van der Waals surface area (Å²) in [6.07, 6.45) is 2.29. The van der Waals surface area contributed by atoms with Gasteiger partial charge < -0.3 is 10.5 Å². The van der Waals surface area contributed by atoms with Crippen molar-refractivity contribution in [3.8, 4) is 5.88 Å². The largest absolute Gasteiger partial charge is 0.481 e. The van der Waals surface area contributed by atoms with Crippen molar-refractivity contribution in [2.75, 3.05) is 7.11 Å². The maximum absolute atomic E-state index is 6.07. The summed E-state index contributed by atoms with van der Waals surface area (Å²) in [5, 5.41) is 4.41. The summed E-state index contributed by atoms with van der Waals surface area (Å²) in [5.41, 5.74) is 8.44. The van der Waals surface area contributed by atoms with E-state index < -0.39 is 0 Å². The Morgan fingerprint density at radius 1 is 1.53 bits per heavy atom. The van der Waals surface area contributed by atoms with Gasteiger partial charge in [-0.3, -0.25) is 0 Å². The Morgan fingerprint density at radius 3 is 2.53 bits per heavy atom. The topological polar surface area (TPSA) is 53.1 Å². The molecule has 2 N–H and O–H groups in total. The molecule has 1 atom stereocenters. The van der Waals surface area contributed by atoms with Crippen molar-refractivity contribution in [1.29, 1.82) is 0 Å². The van der Waals surface area contributed by atoms with E-state index >= 15 is 0 Å². The Labute approximate surface area is 90.4 Å². The zero-order valence-corrected chi connectivity index (χ0v) is 9.87. The van der Waals surface area contributed by atoms with Crippen molar-refractivity contribution >= 4 is 0 Å². The van der Waals surface area contributed by atoms with Gasteiger partial charge in [0.25, 0.3) is 0 Å². The molecular weight excluding hydrogens is 190 g/mol. The molecule has 4 nitrogen and oxygen atoms in total. The quantitative estimate of drug-likeness (QED) is 0.811. The van der Waals surface area contributed by atoms with Crippen LogP contribution in [0.1, 0.15) is 31.0 Å². The van der Waals surface area contributed by atoms with Gasteiger partial charge >= 0.3 is 0 Å². The number of rotatable bonds is 3. The molecule has 15 heavy (non-hydrogen) atoms. The average Bonchev–Trinajstić information content (AvgIpc) is 2.89. The third-order valence-corrected chi connectivity index (χ3v) is 3.52. The summed E-state index contributed by atoms with van der Waals surface area (Å²) in [7, 11) is 3.60. The van der Waals surface area contributed by atoms with Gasteiger partial charge in [0.1, 0.15) is 0 Å². The molecular formula is C11H19N3O. The predicted molar refractivity (Wildman–Crippen MR) is 59.1 cm³/mol. The molecule has 1 aliphatic rings. The van der Waals surface area contributed by atoms with Gasteiger partial charge in [0.05, 0.1) is 12.8 Å². The molecule has 84 valence electrons. The molecule has 1 heterocycles. The lowest BCUT2D eigenvalue weighted by atomic mass is 9.89. The Morgan fingerprint density at radius 2 is 2.13 bits per heavy atom. The molecule has 1 aromatic heterocycles. The maximum Gasteiger partial charge on any atom is 0.215 e. The van der Waals surface area contributed by atoms with Gasteiger partial charge in [-0.2, -0.15) is 5.10 Å². The van der Waals surface area contributed by atoms with E-state index in [4.69, 9.17) is 10.5 Å². The van der Waals surface area contributed by atoms with Gasteiger partial charge in [-0.1, -0.05) is 0 Å². The van der Waals surface area contributed by atoms with E-state index in [1.165, 1.54) is 5.56 Å². The molecule has 1 fully saturated rings. The van der Waals surface area contributed by atoms with Gasteiger partial charge in [-0.15, -0.1) is 0 Å². The summed E-state index contributed by atoms with van der Waals surface area (Å²) in [6, 6.07) is 0.161. The van der Waals surface area contributed by atoms with Crippen LogP contribution in [0.15, 0.2) is 0 Å². The monoisotopic (exact) mass is 209 g/mol. The van der Waals surface area contributed by atoms with Crippen LogP contribution in [-0.4, -0.2) is 22.9 Å². The minimum absolute atomic E-state index is 0.115. The van der Waals surface area contributed by atoms with Gasteiger partial charge in [0.2, 0.25) is 5.88 Å². The van der Waals surface area contributed by atoms with Crippen LogP contribution < -0.4 is 10.5 Å². The van der Waals surface area contributed by atoms with Crippen LogP contribution in [0.5, 0.6) is 5.88 Å². The molecule has 4 heteroatoms. The standard InChI is InChI=1S/C11H19N3O/c1-7-9(10(15-4)14(3)13-7)11(5-6-11)8(2)12/h8H,5-6,12H2,1-4H3. The molecule has 0 spiro atoms. The van der Waals surface area contributed by atoms with Crippen molar-refractivity contribution in [3.63, 3.8) is 0 Å². The van der Waals surface area contributed by atoms with Crippen LogP contribution in [-0.2, 0) is 12.5 Å². The van der Waals surface area contributed by atoms with Crippen molar-refractivity contribution in [2.24, 2.45) is 12.8 Å². The zero-order valence-electron chi connectivity index (χ0n) is 9.87. The van der Waals surface area contributed by atoms with Crippen molar-refractivity contribution in [1.82, 2.24) is 9.78 Å². The second-order valence-electron chi connectivity index (χ2n) is 4.54. The van der Waals surface area contributed by atoms with Crippen LogP contribution in [0, 0.1) is 6.92 Å². The lowest BCUT2D eigenvalue weighted by Crippen LogP contribution is -2.32. The van der Waals surface area contributed by atoms with Gasteiger partial charge in [-0.25, -0.2) is 4.68 Å². The fraction of sp³-hybridized carbons (Fsp3) is 0.727. The van der Waals surface area contributed by atoms with E-state index in [-0.39, 0.29) is 11.5 Å². The number of hydrogen-bond acceptors (Lipinski definition) is 3. The highest BCUT2D eigenvalue weighted by molar-refractivity contribution is 5.44. The van der Waals surface area contributed by atoms with Crippen LogP contribution in [0.2, 0.25) is 0 Å². The Kier molecular flexibility index (Phi) is 2.26. The number of nitrogens with zero attached hydrogens (tertiary/aromatic N) is 2. The second-order valence-corrected chi connectivity index (χ2v) is 4.54. The smallest absolute Gasteiger partial charge is 0.215 e. The van der Waals surface area contributed by atoms with Gasteiger partial charge in [0, 0.05) is 24.1 Å². The molecule has 0 saturated heterocycles. The molecule has 1 aromatic rings. The number of aromatic nitrogens is 2. The summed E-state index contributed by atoms with van der Waals surface area (Å²) in [6.45, 7) is 4.10. The average molecular weight is 209 g/mol. The van der Waals surface area contributed by atoms with Gasteiger partial charge in [0.15, 0.2) is 0 Å². The first kappa shape index (κ1) is 10.5. The van der Waals surface area contributed by atoms with Crippen LogP contribution in [0.3, 0.4) is 0 Å². The molecule has 2 rings (SSSR count). The molecule has 0 aromatic carbocycles. The minimum atomic E-state index is 0.115. The first-order valence-electron chi connectivity index (χ1n) is 5.36. The van der Waals surface area contributed by atoms with E-state index in [2.05, 4.69) is 12.0 Å². The molecule has 0 radical (unpaired) electrons. The third kappa shape index (κ3) is 1.35. The fourth-order valence-electron chi connectivity index (χ4n) is 2.51. The highest BCUT2D eigenvalue weighted by atomic mass is 16.5. The van der Waals surface area contributed by atoms with E-state index in [9.17, 15) is 0 Å². The highest BCUT2D eigenvalue weighted by Crippen LogP contribution is 2.54. The number of hydrogen-bond donors (Lipinski definition) is 1. The first-order chi connectivity index (χ1) is 7.03. The molecule has 0 bridgehead atoms. The minimum Gasteiger partial charge on any atom is -0.481 e. The summed E-state index contributed by atoms with van der Waals surface area (Å²) >= 11 is 0. The normalized spacial score (nSPS) is 20.1. The number of nitrogens with two attached hydrogens (primary N) is 1. The summed E-state index contributed by atoms with van der Waals surface area (Å²) in [4.78, 5) is 0. The number of methoxy groups -OCH3 is 1. The Balaban J connectivity index is 2.52. The lowest BCUT2D eigenvalue weighted by molar-refractivity contribution is 0.362. The Hall–Kier alpha value is -1.03. The van der Waals surface area contributed by atoms with Crippen molar-refractivity contribution in [3.05, 3.63) is 11.3 Å². The summed E-state index contributed by atoms with van der Waals surface area (Å²) in [5.74, 6) is 0.863. The molecule has 1 aliphatic carbocycles. The molecule has 1 saturated carbocycles. The predicted octanol–water partition coefficient (Wildman–Crippen LogP) is 1.12. The van der Waals surface area contributed by atoms with Gasteiger partial charge in [-0.05, 0) is 26.7 Å². The number of ether oxygens (including phenoxy) is 1. The number of aryl methyl sites for hydroxylation is 2. The molecule has 0 aliphatic heterocycles. The lowest BCUT2D eigenvalue weighted by Gasteiger charge is -2.20. The van der Waals surface area contributed by atoms with Crippen molar-refractivity contribution < 1.29 is 4.74 Å². The van der Waals surface area contributed by atoms with E-state index in [0.29, 0.717) is 0 Å². The van der Waals surface area contributed by atoms with E-state index in [0.717, 1.165) is 24.4 Å². The first-order valence-corrected chi connectivity index (χ1v) is 5.36. The highest BCUT2D eigenvalue weighted by Gasteiger charge is 2.51. The second kappa shape index (κ2) is 3.23. The fourth-order valence-corrected chi connectivity index (χ4v) is 2.51. The zero-order chi connectivity index (χ0) is 11.2. The Bertz CT molecular complexity index is 377. The van der Waals surface area contributed by atoms with E-state index in [1.54, 1.807) is 11.8 Å². The molecule has 1 unspecified atom stereocenters. The van der Waals surface area contributed by atoms with E-state index in [1.807, 2.05) is 14.0 Å². The maximum atomic E-state index is 6.07. The van der Waals surface area contributed by atoms with Crippen LogP contribution >= 0.6 is 0 Å². The van der Waals surface area contributed by atoms with Crippen molar-refractivity contribution in [2.45, 2.75) is 38.1 Å². The SMILES string of the molecule is COc1c(C2(C(C)N)CC2)c(C)nn1C.